The van der Waals surface area contributed by atoms with E-state index in [2.05, 4.69) is 4.74 Å². The third-order valence-electron chi connectivity index (χ3n) is 3.25. The summed E-state index contributed by atoms with van der Waals surface area (Å²) in [4.78, 5) is 22.3. The molecule has 2 rings (SSSR count). The van der Waals surface area contributed by atoms with Crippen LogP contribution >= 0.6 is 11.8 Å². The molecule has 2 aromatic rings. The maximum Gasteiger partial charge on any atom is 0.416 e. The number of carbonyl (C=O) groups is 1. The van der Waals surface area contributed by atoms with Crippen LogP contribution in [-0.2, 0) is 16.7 Å². The molecule has 0 radical (unpaired) electrons. The Bertz CT molecular complexity index is 791. The van der Waals surface area contributed by atoms with Gasteiger partial charge in [0.05, 0.1) is 28.1 Å². The molecule has 0 aliphatic carbocycles. The lowest BCUT2D eigenvalue weighted by atomic mass is 10.1. The highest BCUT2D eigenvalue weighted by Crippen LogP contribution is 2.34. The minimum atomic E-state index is -4.41. The lowest BCUT2D eigenvalue weighted by molar-refractivity contribution is -0.387. The Hall–Kier alpha value is -2.55. The van der Waals surface area contributed by atoms with Crippen molar-refractivity contribution < 1.29 is 27.6 Å². The van der Waals surface area contributed by atoms with Crippen LogP contribution in [-0.4, -0.2) is 18.0 Å². The number of carbonyl (C=O) groups excluding carboxylic acids is 1. The molecule has 0 N–H and O–H groups in total. The normalized spacial score (nSPS) is 11.2. The molecule has 5 nitrogen and oxygen atoms in total. The zero-order valence-corrected chi connectivity index (χ0v) is 13.7. The lowest BCUT2D eigenvalue weighted by Gasteiger charge is -2.08. The van der Waals surface area contributed by atoms with Crippen molar-refractivity contribution in [2.75, 3.05) is 7.11 Å². The van der Waals surface area contributed by atoms with E-state index in [9.17, 15) is 28.1 Å². The summed E-state index contributed by atoms with van der Waals surface area (Å²) < 4.78 is 42.1. The van der Waals surface area contributed by atoms with Gasteiger partial charge in [0, 0.05) is 11.8 Å². The first-order chi connectivity index (χ1) is 11.7. The van der Waals surface area contributed by atoms with Crippen LogP contribution in [0.3, 0.4) is 0 Å². The summed E-state index contributed by atoms with van der Waals surface area (Å²) >= 11 is 1.09. The second kappa shape index (κ2) is 7.56. The SMILES string of the molecule is COC(=O)c1ccc(SCc2ccc(C(F)(F)F)cc2)c([N+](=O)[O-])c1. The monoisotopic (exact) mass is 371 g/mol. The van der Waals surface area contributed by atoms with Crippen LogP contribution in [0.25, 0.3) is 0 Å². The topological polar surface area (TPSA) is 69.4 Å². The number of benzene rings is 2. The molecular weight excluding hydrogens is 359 g/mol. The first-order valence-electron chi connectivity index (χ1n) is 6.88. The van der Waals surface area contributed by atoms with E-state index >= 15 is 0 Å². The van der Waals surface area contributed by atoms with Crippen molar-refractivity contribution >= 4 is 23.4 Å². The van der Waals surface area contributed by atoms with Crippen LogP contribution < -0.4 is 0 Å². The summed E-state index contributed by atoms with van der Waals surface area (Å²) in [5, 5.41) is 11.2. The van der Waals surface area contributed by atoms with Gasteiger partial charge in [-0.25, -0.2) is 4.79 Å². The van der Waals surface area contributed by atoms with Crippen LogP contribution in [0, 0.1) is 10.1 Å². The Labute approximate surface area is 144 Å². The van der Waals surface area contributed by atoms with Crippen LogP contribution in [0.4, 0.5) is 18.9 Å². The van der Waals surface area contributed by atoms with E-state index in [-0.39, 0.29) is 17.0 Å². The second-order valence-corrected chi connectivity index (χ2v) is 5.93. The zero-order valence-electron chi connectivity index (χ0n) is 12.9. The smallest absolute Gasteiger partial charge is 0.416 e. The van der Waals surface area contributed by atoms with Crippen molar-refractivity contribution in [1.82, 2.24) is 0 Å². The Morgan fingerprint density at radius 1 is 1.20 bits per heavy atom. The highest BCUT2D eigenvalue weighted by molar-refractivity contribution is 7.98. The zero-order chi connectivity index (χ0) is 18.6. The predicted octanol–water partition coefficient (Wildman–Crippen LogP) is 4.69. The molecule has 0 amide bonds. The minimum absolute atomic E-state index is 0.0491. The van der Waals surface area contributed by atoms with E-state index in [1.807, 2.05) is 0 Å². The highest BCUT2D eigenvalue weighted by Gasteiger charge is 2.29. The molecular formula is C16H12F3NO4S. The molecule has 0 fully saturated rings. The van der Waals surface area contributed by atoms with Crippen LogP contribution in [0.1, 0.15) is 21.5 Å². The third-order valence-corrected chi connectivity index (χ3v) is 4.39. The number of nitro groups is 1. The van der Waals surface area contributed by atoms with Crippen molar-refractivity contribution in [1.29, 1.82) is 0 Å². The number of rotatable bonds is 5. The molecule has 0 aliphatic heterocycles. The molecule has 2 aromatic carbocycles. The Balaban J connectivity index is 2.17. The predicted molar refractivity (Wildman–Crippen MR) is 85.4 cm³/mol. The van der Waals surface area contributed by atoms with Gasteiger partial charge >= 0.3 is 12.1 Å². The van der Waals surface area contributed by atoms with E-state index in [4.69, 9.17) is 0 Å². The number of nitrogens with zero attached hydrogens (tertiary/aromatic N) is 1. The van der Waals surface area contributed by atoms with Gasteiger partial charge in [-0.05, 0) is 29.8 Å². The highest BCUT2D eigenvalue weighted by atomic mass is 32.2. The van der Waals surface area contributed by atoms with E-state index in [0.29, 0.717) is 10.5 Å². The largest absolute Gasteiger partial charge is 0.465 e. The summed E-state index contributed by atoms with van der Waals surface area (Å²) in [6.07, 6.45) is -4.41. The molecule has 0 heterocycles. The molecule has 0 bridgehead atoms. The van der Waals surface area contributed by atoms with Crippen molar-refractivity contribution in [3.8, 4) is 0 Å². The van der Waals surface area contributed by atoms with Gasteiger partial charge in [0.1, 0.15) is 0 Å². The lowest BCUT2D eigenvalue weighted by Crippen LogP contribution is -2.04. The standard InChI is InChI=1S/C16H12F3NO4S/c1-24-15(21)11-4-7-14(13(8-11)20(22)23)25-9-10-2-5-12(6-3-10)16(17,18)19/h2-8H,9H2,1H3. The number of alkyl halides is 3. The quantitative estimate of drug-likeness (QED) is 0.330. The molecule has 0 atom stereocenters. The molecule has 9 heteroatoms. The third kappa shape index (κ3) is 4.72. The molecule has 0 saturated carbocycles. The van der Waals surface area contributed by atoms with E-state index in [0.717, 1.165) is 30.0 Å². The number of nitro benzene ring substituents is 1. The van der Waals surface area contributed by atoms with Gasteiger partial charge in [-0.15, -0.1) is 11.8 Å². The van der Waals surface area contributed by atoms with Gasteiger partial charge in [-0.3, -0.25) is 10.1 Å². The Morgan fingerprint density at radius 2 is 1.84 bits per heavy atom. The number of thioether (sulfide) groups is 1. The molecule has 0 aliphatic rings. The summed E-state index contributed by atoms with van der Waals surface area (Å²) in [5.41, 5.74) is -0.383. The van der Waals surface area contributed by atoms with Gasteiger partial charge in [-0.1, -0.05) is 12.1 Å². The molecule has 0 unspecified atom stereocenters. The fraction of sp³-hybridized carbons (Fsp3) is 0.188. The average molecular weight is 371 g/mol. The van der Waals surface area contributed by atoms with Gasteiger partial charge in [0.25, 0.3) is 5.69 Å². The second-order valence-electron chi connectivity index (χ2n) is 4.91. The average Bonchev–Trinajstić information content (AvgIpc) is 2.58. The summed E-state index contributed by atoms with van der Waals surface area (Å²) in [6.45, 7) is 0. The number of hydrogen-bond acceptors (Lipinski definition) is 5. The molecule has 132 valence electrons. The number of hydrogen-bond donors (Lipinski definition) is 0. The number of esters is 1. The summed E-state index contributed by atoms with van der Waals surface area (Å²) in [5.74, 6) is -0.446. The molecule has 0 aromatic heterocycles. The van der Waals surface area contributed by atoms with Crippen molar-refractivity contribution in [2.45, 2.75) is 16.8 Å². The van der Waals surface area contributed by atoms with Crippen molar-refractivity contribution in [2.24, 2.45) is 0 Å². The number of halogens is 3. The van der Waals surface area contributed by atoms with Gasteiger partial charge in [-0.2, -0.15) is 13.2 Å². The Morgan fingerprint density at radius 3 is 2.36 bits per heavy atom. The van der Waals surface area contributed by atoms with Crippen LogP contribution in [0.2, 0.25) is 0 Å². The number of methoxy groups -OCH3 is 1. The van der Waals surface area contributed by atoms with Crippen LogP contribution in [0.15, 0.2) is 47.4 Å². The summed E-state index contributed by atoms with van der Waals surface area (Å²) in [6, 6.07) is 8.50. The maximum absolute atomic E-state index is 12.5. The number of ether oxygens (including phenoxy) is 1. The van der Waals surface area contributed by atoms with Crippen molar-refractivity contribution in [3.05, 3.63) is 69.3 Å². The van der Waals surface area contributed by atoms with Gasteiger partial charge in [0.15, 0.2) is 0 Å². The maximum atomic E-state index is 12.5. The van der Waals surface area contributed by atoms with Crippen molar-refractivity contribution in [3.63, 3.8) is 0 Å². The molecule has 0 spiro atoms. The Kier molecular flexibility index (Phi) is 5.68. The van der Waals surface area contributed by atoms with Gasteiger partial charge in [0.2, 0.25) is 0 Å². The fourth-order valence-corrected chi connectivity index (χ4v) is 2.94. The molecule has 0 saturated heterocycles. The first kappa shape index (κ1) is 18.8. The van der Waals surface area contributed by atoms with Crippen LogP contribution in [0.5, 0.6) is 0 Å². The van der Waals surface area contributed by atoms with E-state index < -0.39 is 22.6 Å². The van der Waals surface area contributed by atoms with E-state index in [1.54, 1.807) is 0 Å². The van der Waals surface area contributed by atoms with Gasteiger partial charge < -0.3 is 4.74 Å². The fourth-order valence-electron chi connectivity index (χ4n) is 1.98. The first-order valence-corrected chi connectivity index (χ1v) is 7.86. The minimum Gasteiger partial charge on any atom is -0.465 e. The summed E-state index contributed by atoms with van der Waals surface area (Å²) in [7, 11) is 1.17. The molecule has 25 heavy (non-hydrogen) atoms. The van der Waals surface area contributed by atoms with E-state index in [1.165, 1.54) is 31.4 Å².